The highest BCUT2D eigenvalue weighted by molar-refractivity contribution is 9.10. The second-order valence-electron chi connectivity index (χ2n) is 3.85. The van der Waals surface area contributed by atoms with E-state index in [9.17, 15) is 0 Å². The summed E-state index contributed by atoms with van der Waals surface area (Å²) in [4.78, 5) is 7.72. The molecule has 1 N–H and O–H groups in total. The van der Waals surface area contributed by atoms with Crippen LogP contribution in [-0.2, 0) is 0 Å². The van der Waals surface area contributed by atoms with Crippen LogP contribution in [-0.4, -0.2) is 9.97 Å². The van der Waals surface area contributed by atoms with Crippen LogP contribution >= 0.6 is 39.1 Å². The van der Waals surface area contributed by atoms with E-state index in [-0.39, 0.29) is 0 Å². The Labute approximate surface area is 122 Å². The summed E-state index contributed by atoms with van der Waals surface area (Å²) in [5, 5.41) is 1.29. The van der Waals surface area contributed by atoms with Crippen LogP contribution < -0.4 is 0 Å². The normalized spacial score (nSPS) is 11.1. The standard InChI is InChI=1S/C13H7BrCl2N2/c14-8-5-4-7(6-10(8)16)13-17-11-3-1-2-9(15)12(11)18-13/h1-6H,(H,17,18). The Bertz CT molecular complexity index is 737. The van der Waals surface area contributed by atoms with Gasteiger partial charge in [-0.2, -0.15) is 0 Å². The van der Waals surface area contributed by atoms with Gasteiger partial charge in [-0.25, -0.2) is 4.98 Å². The van der Waals surface area contributed by atoms with E-state index in [1.54, 1.807) is 0 Å². The number of nitrogens with one attached hydrogen (secondary N) is 1. The van der Waals surface area contributed by atoms with Crippen LogP contribution in [0.1, 0.15) is 0 Å². The third-order valence-electron chi connectivity index (χ3n) is 2.66. The molecule has 18 heavy (non-hydrogen) atoms. The summed E-state index contributed by atoms with van der Waals surface area (Å²) in [6.07, 6.45) is 0. The third kappa shape index (κ3) is 2.03. The molecule has 0 spiro atoms. The van der Waals surface area contributed by atoms with Gasteiger partial charge in [0, 0.05) is 10.0 Å². The first-order chi connectivity index (χ1) is 8.65. The topological polar surface area (TPSA) is 28.7 Å². The summed E-state index contributed by atoms with van der Waals surface area (Å²) in [7, 11) is 0. The fourth-order valence-electron chi connectivity index (χ4n) is 1.78. The van der Waals surface area contributed by atoms with E-state index < -0.39 is 0 Å². The average molecular weight is 342 g/mol. The monoisotopic (exact) mass is 340 g/mol. The lowest BCUT2D eigenvalue weighted by Crippen LogP contribution is -1.80. The van der Waals surface area contributed by atoms with Crippen LogP contribution in [0.3, 0.4) is 0 Å². The fourth-order valence-corrected chi connectivity index (χ4v) is 2.42. The van der Waals surface area contributed by atoms with Crippen molar-refractivity contribution < 1.29 is 0 Å². The fraction of sp³-hybridized carbons (Fsp3) is 0. The summed E-state index contributed by atoms with van der Waals surface area (Å²) in [5.74, 6) is 0.757. The SMILES string of the molecule is Clc1cc(-c2nc3c(Cl)cccc3[nH]2)ccc1Br. The second-order valence-corrected chi connectivity index (χ2v) is 5.52. The van der Waals surface area contributed by atoms with Crippen LogP contribution in [0.2, 0.25) is 10.0 Å². The van der Waals surface area contributed by atoms with E-state index in [1.807, 2.05) is 36.4 Å². The van der Waals surface area contributed by atoms with Crippen molar-refractivity contribution in [3.63, 3.8) is 0 Å². The van der Waals surface area contributed by atoms with Gasteiger partial charge in [0.15, 0.2) is 0 Å². The van der Waals surface area contributed by atoms with Gasteiger partial charge >= 0.3 is 0 Å². The lowest BCUT2D eigenvalue weighted by atomic mass is 10.2. The third-order valence-corrected chi connectivity index (χ3v) is 4.19. The molecule has 0 atom stereocenters. The van der Waals surface area contributed by atoms with Crippen molar-refractivity contribution in [3.8, 4) is 11.4 Å². The van der Waals surface area contributed by atoms with Crippen LogP contribution in [0.15, 0.2) is 40.9 Å². The lowest BCUT2D eigenvalue weighted by Gasteiger charge is -1.99. The molecular formula is C13H7BrCl2N2. The number of hydrogen-bond acceptors (Lipinski definition) is 1. The van der Waals surface area contributed by atoms with Crippen molar-refractivity contribution in [2.45, 2.75) is 0 Å². The van der Waals surface area contributed by atoms with E-state index in [0.717, 1.165) is 26.9 Å². The van der Waals surface area contributed by atoms with E-state index >= 15 is 0 Å². The van der Waals surface area contributed by atoms with Gasteiger partial charge in [-0.1, -0.05) is 35.3 Å². The summed E-state index contributed by atoms with van der Waals surface area (Å²) < 4.78 is 0.863. The van der Waals surface area contributed by atoms with Gasteiger partial charge in [0.1, 0.15) is 11.3 Å². The molecule has 3 rings (SSSR count). The minimum Gasteiger partial charge on any atom is -0.338 e. The molecule has 0 amide bonds. The second kappa shape index (κ2) is 4.57. The number of aromatic nitrogens is 2. The van der Waals surface area contributed by atoms with Crippen molar-refractivity contribution >= 4 is 50.2 Å². The molecule has 90 valence electrons. The number of rotatable bonds is 1. The molecule has 0 unspecified atom stereocenters. The van der Waals surface area contributed by atoms with Crippen molar-refractivity contribution in [2.24, 2.45) is 0 Å². The zero-order chi connectivity index (χ0) is 12.7. The lowest BCUT2D eigenvalue weighted by molar-refractivity contribution is 1.33. The van der Waals surface area contributed by atoms with Crippen LogP contribution in [0, 0.1) is 0 Å². The molecule has 0 saturated heterocycles. The van der Waals surface area contributed by atoms with Crippen molar-refractivity contribution in [1.29, 1.82) is 0 Å². The van der Waals surface area contributed by atoms with Gasteiger partial charge in [0.2, 0.25) is 0 Å². The predicted molar refractivity (Wildman–Crippen MR) is 79.2 cm³/mol. The maximum Gasteiger partial charge on any atom is 0.138 e. The Kier molecular flexibility index (Phi) is 3.06. The van der Waals surface area contributed by atoms with Crippen LogP contribution in [0.4, 0.5) is 0 Å². The van der Waals surface area contributed by atoms with Crippen molar-refractivity contribution in [2.75, 3.05) is 0 Å². The van der Waals surface area contributed by atoms with Gasteiger partial charge in [-0.3, -0.25) is 0 Å². The van der Waals surface area contributed by atoms with Gasteiger partial charge in [-0.05, 0) is 40.2 Å². The molecule has 0 fully saturated rings. The number of nitrogens with zero attached hydrogens (tertiary/aromatic N) is 1. The van der Waals surface area contributed by atoms with E-state index in [2.05, 4.69) is 25.9 Å². The number of fused-ring (bicyclic) bond motifs is 1. The number of para-hydroxylation sites is 1. The Hall–Kier alpha value is -1.03. The van der Waals surface area contributed by atoms with Crippen LogP contribution in [0.25, 0.3) is 22.4 Å². The van der Waals surface area contributed by atoms with Crippen molar-refractivity contribution in [3.05, 3.63) is 50.9 Å². The average Bonchev–Trinajstić information content (AvgIpc) is 2.78. The summed E-state index contributed by atoms with van der Waals surface area (Å²) in [6, 6.07) is 11.4. The summed E-state index contributed by atoms with van der Waals surface area (Å²) >= 11 is 15.5. The number of benzene rings is 2. The minimum atomic E-state index is 0.637. The molecule has 1 heterocycles. The smallest absolute Gasteiger partial charge is 0.138 e. The largest absolute Gasteiger partial charge is 0.338 e. The number of H-pyrrole nitrogens is 1. The molecule has 2 nitrogen and oxygen atoms in total. The molecule has 0 radical (unpaired) electrons. The highest BCUT2D eigenvalue weighted by Gasteiger charge is 2.08. The first kappa shape index (κ1) is 12.0. The Balaban J connectivity index is 2.19. The molecule has 0 aliphatic rings. The van der Waals surface area contributed by atoms with Gasteiger partial charge in [-0.15, -0.1) is 0 Å². The Morgan fingerprint density at radius 3 is 2.61 bits per heavy atom. The first-order valence-corrected chi connectivity index (χ1v) is 6.80. The molecule has 2 aromatic carbocycles. The zero-order valence-corrected chi connectivity index (χ0v) is 12.1. The first-order valence-electron chi connectivity index (χ1n) is 5.25. The molecule has 0 aliphatic carbocycles. The summed E-state index contributed by atoms with van der Waals surface area (Å²) in [6.45, 7) is 0. The quantitative estimate of drug-likeness (QED) is 0.639. The zero-order valence-electron chi connectivity index (χ0n) is 9.05. The Morgan fingerprint density at radius 1 is 1.06 bits per heavy atom. The van der Waals surface area contributed by atoms with E-state index in [0.29, 0.717) is 10.0 Å². The molecule has 3 aromatic rings. The van der Waals surface area contributed by atoms with Gasteiger partial charge in [0.05, 0.1) is 15.6 Å². The molecule has 0 saturated carbocycles. The van der Waals surface area contributed by atoms with Crippen molar-refractivity contribution in [1.82, 2.24) is 9.97 Å². The highest BCUT2D eigenvalue weighted by atomic mass is 79.9. The molecule has 5 heteroatoms. The number of halogens is 3. The Morgan fingerprint density at radius 2 is 1.89 bits per heavy atom. The molecule has 0 bridgehead atoms. The van der Waals surface area contributed by atoms with E-state index in [4.69, 9.17) is 23.2 Å². The maximum absolute atomic E-state index is 6.10. The summed E-state index contributed by atoms with van der Waals surface area (Å²) in [5.41, 5.74) is 2.61. The highest BCUT2D eigenvalue weighted by Crippen LogP contribution is 2.30. The number of imidazole rings is 1. The van der Waals surface area contributed by atoms with Crippen LogP contribution in [0.5, 0.6) is 0 Å². The van der Waals surface area contributed by atoms with Gasteiger partial charge < -0.3 is 4.98 Å². The molecule has 1 aromatic heterocycles. The maximum atomic E-state index is 6.10. The van der Waals surface area contributed by atoms with E-state index in [1.165, 1.54) is 0 Å². The minimum absolute atomic E-state index is 0.637. The predicted octanol–water partition coefficient (Wildman–Crippen LogP) is 5.30. The number of aromatic amines is 1. The van der Waals surface area contributed by atoms with Gasteiger partial charge in [0.25, 0.3) is 0 Å². The molecular weight excluding hydrogens is 335 g/mol. The molecule has 0 aliphatic heterocycles. The number of hydrogen-bond donors (Lipinski definition) is 1.